The third-order valence-electron chi connectivity index (χ3n) is 3.24. The Morgan fingerprint density at radius 1 is 1.41 bits per heavy atom. The fraction of sp³-hybridized carbons (Fsp3) is 0.923. The van der Waals surface area contributed by atoms with Crippen molar-refractivity contribution in [1.82, 2.24) is 5.32 Å². The lowest BCUT2D eigenvalue weighted by molar-refractivity contribution is -0.145. The van der Waals surface area contributed by atoms with Crippen molar-refractivity contribution in [1.29, 1.82) is 0 Å². The number of methoxy groups -OCH3 is 1. The van der Waals surface area contributed by atoms with E-state index in [1.54, 1.807) is 0 Å². The number of carbonyl (C=O) groups excluding carboxylic acids is 1. The molecule has 4 nitrogen and oxygen atoms in total. The van der Waals surface area contributed by atoms with E-state index in [-0.39, 0.29) is 30.0 Å². The van der Waals surface area contributed by atoms with Gasteiger partial charge < -0.3 is 15.2 Å². The van der Waals surface area contributed by atoms with Gasteiger partial charge in [-0.3, -0.25) is 4.79 Å². The van der Waals surface area contributed by atoms with Gasteiger partial charge in [-0.05, 0) is 25.2 Å². The van der Waals surface area contributed by atoms with Gasteiger partial charge in [-0.2, -0.15) is 0 Å². The van der Waals surface area contributed by atoms with Crippen LogP contribution in [-0.4, -0.2) is 37.4 Å². The lowest BCUT2D eigenvalue weighted by Gasteiger charge is -2.28. The molecule has 0 radical (unpaired) electrons. The Bertz CT molecular complexity index is 229. The third-order valence-corrected chi connectivity index (χ3v) is 3.24. The Morgan fingerprint density at radius 3 is 2.47 bits per heavy atom. The van der Waals surface area contributed by atoms with Crippen LogP contribution in [0.5, 0.6) is 0 Å². The summed E-state index contributed by atoms with van der Waals surface area (Å²) in [6.45, 7) is 9.23. The van der Waals surface area contributed by atoms with Crippen LogP contribution in [-0.2, 0) is 9.53 Å². The van der Waals surface area contributed by atoms with Crippen LogP contribution in [0.1, 0.15) is 40.5 Å². The minimum absolute atomic E-state index is 0.0934. The molecule has 0 saturated heterocycles. The molecule has 0 bridgehead atoms. The molecule has 4 heteroatoms. The smallest absolute Gasteiger partial charge is 0.309 e. The van der Waals surface area contributed by atoms with Crippen LogP contribution in [0.15, 0.2) is 0 Å². The molecule has 0 aliphatic carbocycles. The molecular weight excluding hydrogens is 218 g/mol. The Balaban J connectivity index is 4.05. The van der Waals surface area contributed by atoms with E-state index in [1.807, 2.05) is 13.8 Å². The normalized spacial score (nSPS) is 15.4. The van der Waals surface area contributed by atoms with Gasteiger partial charge in [0.15, 0.2) is 0 Å². The van der Waals surface area contributed by atoms with Gasteiger partial charge in [-0.15, -0.1) is 0 Å². The molecule has 0 aromatic heterocycles. The van der Waals surface area contributed by atoms with E-state index < -0.39 is 0 Å². The number of nitrogens with one attached hydrogen (secondary N) is 1. The summed E-state index contributed by atoms with van der Waals surface area (Å²) in [5, 5.41) is 12.2. The van der Waals surface area contributed by atoms with Crippen molar-refractivity contribution < 1.29 is 14.6 Å². The number of esters is 1. The van der Waals surface area contributed by atoms with Gasteiger partial charge in [-0.1, -0.05) is 20.8 Å². The molecular formula is C13H27NO3. The molecule has 0 aliphatic heterocycles. The monoisotopic (exact) mass is 245 g/mol. The standard InChI is InChI=1S/C13H27NO3/c1-10(12(16)17-5)11(2)14-9-13(3,4)7-6-8-15/h10-11,14-15H,6-9H2,1-5H3. The number of hydrogen-bond acceptors (Lipinski definition) is 4. The molecule has 0 spiro atoms. The van der Waals surface area contributed by atoms with Crippen LogP contribution in [0.3, 0.4) is 0 Å². The minimum Gasteiger partial charge on any atom is -0.469 e. The van der Waals surface area contributed by atoms with Crippen molar-refractivity contribution in [3.63, 3.8) is 0 Å². The molecule has 2 unspecified atom stereocenters. The Kier molecular flexibility index (Phi) is 7.39. The molecule has 0 heterocycles. The van der Waals surface area contributed by atoms with Gasteiger partial charge >= 0.3 is 5.97 Å². The first-order valence-electron chi connectivity index (χ1n) is 6.26. The van der Waals surface area contributed by atoms with E-state index in [1.165, 1.54) is 7.11 Å². The highest BCUT2D eigenvalue weighted by molar-refractivity contribution is 5.72. The summed E-state index contributed by atoms with van der Waals surface area (Å²) in [6.07, 6.45) is 1.78. The summed E-state index contributed by atoms with van der Waals surface area (Å²) in [5.41, 5.74) is 0.132. The number of aliphatic hydroxyl groups is 1. The van der Waals surface area contributed by atoms with Gasteiger partial charge in [0.2, 0.25) is 0 Å². The number of rotatable bonds is 8. The number of carbonyl (C=O) groups is 1. The third kappa shape index (κ3) is 6.64. The Hall–Kier alpha value is -0.610. The van der Waals surface area contributed by atoms with Gasteiger partial charge in [0.1, 0.15) is 0 Å². The van der Waals surface area contributed by atoms with Crippen LogP contribution >= 0.6 is 0 Å². The summed E-state index contributed by atoms with van der Waals surface area (Å²) in [6, 6.07) is 0.0934. The van der Waals surface area contributed by atoms with Gasteiger partial charge in [0.25, 0.3) is 0 Å². The van der Waals surface area contributed by atoms with Crippen molar-refractivity contribution in [2.24, 2.45) is 11.3 Å². The highest BCUT2D eigenvalue weighted by Gasteiger charge is 2.23. The van der Waals surface area contributed by atoms with E-state index in [9.17, 15) is 4.79 Å². The predicted molar refractivity (Wildman–Crippen MR) is 68.7 cm³/mol. The van der Waals surface area contributed by atoms with Crippen LogP contribution in [0.4, 0.5) is 0 Å². The molecule has 2 atom stereocenters. The summed E-state index contributed by atoms with van der Waals surface area (Å²) in [7, 11) is 1.41. The molecule has 0 aliphatic rings. The maximum Gasteiger partial charge on any atom is 0.309 e. The van der Waals surface area contributed by atoms with Crippen molar-refractivity contribution in [2.45, 2.75) is 46.6 Å². The molecule has 0 aromatic rings. The first kappa shape index (κ1) is 16.4. The number of aliphatic hydroxyl groups excluding tert-OH is 1. The van der Waals surface area contributed by atoms with E-state index in [0.29, 0.717) is 0 Å². The first-order valence-corrected chi connectivity index (χ1v) is 6.26. The number of ether oxygens (including phenoxy) is 1. The van der Waals surface area contributed by atoms with Crippen LogP contribution in [0.2, 0.25) is 0 Å². The molecule has 102 valence electrons. The molecule has 0 saturated carbocycles. The Morgan fingerprint density at radius 2 is 2.00 bits per heavy atom. The molecule has 17 heavy (non-hydrogen) atoms. The van der Waals surface area contributed by atoms with Crippen molar-refractivity contribution >= 4 is 5.97 Å². The fourth-order valence-corrected chi connectivity index (χ4v) is 1.65. The summed E-state index contributed by atoms with van der Waals surface area (Å²) < 4.78 is 4.72. The zero-order valence-corrected chi connectivity index (χ0v) is 11.7. The maximum absolute atomic E-state index is 11.4. The summed E-state index contributed by atoms with van der Waals surface area (Å²) >= 11 is 0. The molecule has 2 N–H and O–H groups in total. The van der Waals surface area contributed by atoms with E-state index in [2.05, 4.69) is 19.2 Å². The van der Waals surface area contributed by atoms with Crippen molar-refractivity contribution in [3.05, 3.63) is 0 Å². The number of hydrogen-bond donors (Lipinski definition) is 2. The zero-order valence-electron chi connectivity index (χ0n) is 11.7. The summed E-state index contributed by atoms with van der Waals surface area (Å²) in [4.78, 5) is 11.4. The second-order valence-corrected chi connectivity index (χ2v) is 5.47. The highest BCUT2D eigenvalue weighted by atomic mass is 16.5. The van der Waals surface area contributed by atoms with E-state index in [4.69, 9.17) is 9.84 Å². The minimum atomic E-state index is -0.182. The van der Waals surface area contributed by atoms with Crippen LogP contribution < -0.4 is 5.32 Å². The van der Waals surface area contributed by atoms with Crippen LogP contribution in [0.25, 0.3) is 0 Å². The van der Waals surface area contributed by atoms with E-state index >= 15 is 0 Å². The lowest BCUT2D eigenvalue weighted by Crippen LogP contribution is -2.41. The first-order chi connectivity index (χ1) is 7.84. The average molecular weight is 245 g/mol. The van der Waals surface area contributed by atoms with Crippen LogP contribution in [0, 0.1) is 11.3 Å². The van der Waals surface area contributed by atoms with Crippen molar-refractivity contribution in [3.8, 4) is 0 Å². The summed E-state index contributed by atoms with van der Waals surface area (Å²) in [5.74, 6) is -0.327. The lowest BCUT2D eigenvalue weighted by atomic mass is 9.87. The largest absolute Gasteiger partial charge is 0.469 e. The molecule has 0 aromatic carbocycles. The Labute approximate surface area is 105 Å². The fourth-order valence-electron chi connectivity index (χ4n) is 1.65. The molecule has 0 fully saturated rings. The van der Waals surface area contributed by atoms with Gasteiger partial charge in [0.05, 0.1) is 13.0 Å². The highest BCUT2D eigenvalue weighted by Crippen LogP contribution is 2.21. The predicted octanol–water partition coefficient (Wildman–Crippen LogP) is 1.57. The second kappa shape index (κ2) is 7.67. The molecule has 0 rings (SSSR count). The maximum atomic E-state index is 11.4. The van der Waals surface area contributed by atoms with Crippen molar-refractivity contribution in [2.75, 3.05) is 20.3 Å². The zero-order chi connectivity index (χ0) is 13.5. The average Bonchev–Trinajstić information content (AvgIpc) is 2.31. The SMILES string of the molecule is COC(=O)C(C)C(C)NCC(C)(C)CCCO. The molecule has 0 amide bonds. The van der Waals surface area contributed by atoms with Gasteiger partial charge in [-0.25, -0.2) is 0 Å². The quantitative estimate of drug-likeness (QED) is 0.637. The van der Waals surface area contributed by atoms with Gasteiger partial charge in [0, 0.05) is 19.2 Å². The second-order valence-electron chi connectivity index (χ2n) is 5.47. The topological polar surface area (TPSA) is 58.6 Å². The van der Waals surface area contributed by atoms with E-state index in [0.717, 1.165) is 19.4 Å².